The predicted molar refractivity (Wildman–Crippen MR) is 149 cm³/mol. The van der Waals surface area contributed by atoms with E-state index in [1.165, 1.54) is 11.8 Å². The van der Waals surface area contributed by atoms with Crippen LogP contribution in [0, 0.1) is 0 Å². The average Bonchev–Trinajstić information content (AvgIpc) is 3.57. The molecule has 0 radical (unpaired) electrons. The molecular weight excluding hydrogens is 598 g/mol. The summed E-state index contributed by atoms with van der Waals surface area (Å²) in [5, 5.41) is 37.7. The number of fused-ring (bicyclic) bond motifs is 1. The Balaban J connectivity index is 1.44. The Morgan fingerprint density at radius 2 is 2.10 bits per heavy atom. The van der Waals surface area contributed by atoms with Crippen LogP contribution in [0.1, 0.15) is 38.3 Å². The number of rotatable bonds is 15. The van der Waals surface area contributed by atoms with Gasteiger partial charge in [-0.25, -0.2) is 14.5 Å². The number of anilines is 1. The van der Waals surface area contributed by atoms with E-state index in [1.807, 2.05) is 0 Å². The minimum absolute atomic E-state index is 0.111. The number of carbonyl (C=O) groups is 4. The minimum Gasteiger partial charge on any atom is -0.480 e. The number of thiazole rings is 1. The Morgan fingerprint density at radius 3 is 2.78 bits per heavy atom. The van der Waals surface area contributed by atoms with Gasteiger partial charge in [0.05, 0.1) is 0 Å². The van der Waals surface area contributed by atoms with Crippen LogP contribution in [0.15, 0.2) is 27.0 Å². The molecule has 2 amide bonds. The summed E-state index contributed by atoms with van der Waals surface area (Å²) in [7, 11) is 0. The molecule has 2 aromatic heterocycles. The van der Waals surface area contributed by atoms with Gasteiger partial charge in [0.2, 0.25) is 5.16 Å². The molecule has 1 unspecified atom stereocenters. The highest BCUT2D eigenvalue weighted by Gasteiger charge is 2.54. The summed E-state index contributed by atoms with van der Waals surface area (Å²) in [6.07, 6.45) is 3.84. The molecule has 19 heteroatoms. The number of nitrogens with zero attached hydrogens (tertiary/aromatic N) is 7. The maximum absolute atomic E-state index is 13.2. The third-order valence-corrected chi connectivity index (χ3v) is 8.98. The molecule has 0 spiro atoms. The van der Waals surface area contributed by atoms with Crippen LogP contribution in [0.5, 0.6) is 0 Å². The fourth-order valence-electron chi connectivity index (χ4n) is 3.99. The zero-order valence-corrected chi connectivity index (χ0v) is 24.2. The normalized spacial score (nSPS) is 18.6. The van der Waals surface area contributed by atoms with Crippen LogP contribution in [0.4, 0.5) is 5.13 Å². The Morgan fingerprint density at radius 1 is 1.29 bits per heavy atom. The van der Waals surface area contributed by atoms with Crippen molar-refractivity contribution in [1.29, 1.82) is 0 Å². The van der Waals surface area contributed by atoms with Crippen molar-refractivity contribution in [2.75, 3.05) is 23.8 Å². The SMILES string of the molecule is CCCCCCO/N=C(\C(=O)NC1C(=O)N2C(C(=O)O)=C(CSc3nnnn3CC(=O)O)CS[C@H]12)c1csc(N)n1. The lowest BCUT2D eigenvalue weighted by Gasteiger charge is -2.49. The first-order valence-corrected chi connectivity index (χ1v) is 15.4. The number of aliphatic carboxylic acids is 2. The quantitative estimate of drug-likeness (QED) is 0.0700. The molecule has 2 aliphatic heterocycles. The zero-order chi connectivity index (χ0) is 29.5. The van der Waals surface area contributed by atoms with E-state index in [0.717, 1.165) is 58.4 Å². The third-order valence-electron chi connectivity index (χ3n) is 5.92. The predicted octanol–water partition coefficient (Wildman–Crippen LogP) is 0.628. The second kappa shape index (κ2) is 13.8. The Labute approximate surface area is 245 Å². The van der Waals surface area contributed by atoms with Crippen molar-refractivity contribution < 1.29 is 34.2 Å². The number of oxime groups is 1. The van der Waals surface area contributed by atoms with Gasteiger partial charge in [0.1, 0.15) is 36.0 Å². The summed E-state index contributed by atoms with van der Waals surface area (Å²) >= 11 is 3.47. The molecule has 0 aliphatic carbocycles. The number of thioether (sulfide) groups is 2. The number of carbonyl (C=O) groups excluding carboxylic acids is 2. The van der Waals surface area contributed by atoms with Crippen LogP contribution in [0.2, 0.25) is 0 Å². The van der Waals surface area contributed by atoms with Crippen molar-refractivity contribution >= 4 is 69.5 Å². The molecule has 0 aromatic carbocycles. The highest BCUT2D eigenvalue weighted by molar-refractivity contribution is 8.01. The van der Waals surface area contributed by atoms with Gasteiger partial charge in [-0.3, -0.25) is 19.3 Å². The van der Waals surface area contributed by atoms with Gasteiger partial charge in [-0.2, -0.15) is 0 Å². The molecule has 41 heavy (non-hydrogen) atoms. The number of unbranched alkanes of at least 4 members (excludes halogenated alkanes) is 3. The van der Waals surface area contributed by atoms with Crippen molar-refractivity contribution in [3.8, 4) is 0 Å². The van der Waals surface area contributed by atoms with Crippen LogP contribution < -0.4 is 11.1 Å². The molecule has 1 fully saturated rings. The van der Waals surface area contributed by atoms with Gasteiger partial charge in [-0.1, -0.05) is 36.7 Å². The number of aromatic nitrogens is 5. The molecule has 220 valence electrons. The maximum atomic E-state index is 13.2. The van der Waals surface area contributed by atoms with Gasteiger partial charge >= 0.3 is 11.9 Å². The van der Waals surface area contributed by atoms with E-state index in [4.69, 9.17) is 15.7 Å². The number of β-lactam (4-membered cyclic amide) rings is 1. The average molecular weight is 626 g/mol. The van der Waals surface area contributed by atoms with E-state index in [1.54, 1.807) is 5.38 Å². The van der Waals surface area contributed by atoms with E-state index in [9.17, 15) is 24.3 Å². The van der Waals surface area contributed by atoms with E-state index < -0.39 is 41.7 Å². The number of carboxylic acid groups (broad SMARTS) is 2. The monoisotopic (exact) mass is 625 g/mol. The molecule has 2 aromatic rings. The summed E-state index contributed by atoms with van der Waals surface area (Å²) in [4.78, 5) is 60.1. The van der Waals surface area contributed by atoms with Gasteiger partial charge in [0.15, 0.2) is 10.8 Å². The lowest BCUT2D eigenvalue weighted by atomic mass is 10.0. The second-order valence-corrected chi connectivity index (χ2v) is 11.8. The van der Waals surface area contributed by atoms with Gasteiger partial charge in [0.25, 0.3) is 11.8 Å². The largest absolute Gasteiger partial charge is 0.480 e. The first kappa shape index (κ1) is 30.3. The Hall–Kier alpha value is -3.71. The molecule has 2 aliphatic rings. The summed E-state index contributed by atoms with van der Waals surface area (Å²) in [5.74, 6) is -3.37. The molecule has 4 rings (SSSR count). The number of nitrogens with one attached hydrogen (secondary N) is 1. The summed E-state index contributed by atoms with van der Waals surface area (Å²) < 4.78 is 1.08. The minimum atomic E-state index is -1.30. The molecule has 16 nitrogen and oxygen atoms in total. The van der Waals surface area contributed by atoms with Crippen LogP contribution in [-0.4, -0.2) is 99.3 Å². The van der Waals surface area contributed by atoms with Gasteiger partial charge in [0, 0.05) is 16.9 Å². The van der Waals surface area contributed by atoms with Crippen LogP contribution in [-0.2, 0) is 30.6 Å². The van der Waals surface area contributed by atoms with E-state index >= 15 is 0 Å². The zero-order valence-electron chi connectivity index (χ0n) is 21.8. The molecule has 2 atom stereocenters. The Bertz CT molecular complexity index is 1380. The van der Waals surface area contributed by atoms with E-state index in [0.29, 0.717) is 12.2 Å². The number of tetrazole rings is 1. The standard InChI is InChI=1S/C22H27N9O7S3/c1-2-3-4-5-6-38-27-14(12-10-40-21(23)24-12)17(34)25-15-18(35)31-16(20(36)37)11(8-39-19(15)31)9-41-22-26-28-29-30(22)7-13(32)33/h10,15,19H,2-9H2,1H3,(H2,23,24)(H,25,34)(H,32,33)(H,36,37)/b27-14-/t15?,19-/m1/s1. The van der Waals surface area contributed by atoms with E-state index in [-0.39, 0.29) is 38.9 Å². The van der Waals surface area contributed by atoms with Crippen molar-refractivity contribution in [3.63, 3.8) is 0 Å². The lowest BCUT2D eigenvalue weighted by molar-refractivity contribution is -0.150. The van der Waals surface area contributed by atoms with Crippen molar-refractivity contribution in [2.45, 2.75) is 55.7 Å². The fourth-order valence-corrected chi connectivity index (χ4v) is 6.90. The second-order valence-electron chi connectivity index (χ2n) is 8.82. The van der Waals surface area contributed by atoms with Crippen LogP contribution >= 0.6 is 34.9 Å². The summed E-state index contributed by atoms with van der Waals surface area (Å²) in [6, 6.07) is -0.996. The molecule has 4 heterocycles. The maximum Gasteiger partial charge on any atom is 0.352 e. The highest BCUT2D eigenvalue weighted by Crippen LogP contribution is 2.41. The van der Waals surface area contributed by atoms with Crippen molar-refractivity contribution in [1.82, 2.24) is 35.4 Å². The topological polar surface area (TPSA) is 228 Å². The highest BCUT2D eigenvalue weighted by atomic mass is 32.2. The molecule has 5 N–H and O–H groups in total. The number of nitrogens with two attached hydrogens (primary N) is 1. The van der Waals surface area contributed by atoms with Crippen LogP contribution in [0.25, 0.3) is 0 Å². The third kappa shape index (κ3) is 7.14. The number of carboxylic acids is 2. The van der Waals surface area contributed by atoms with Crippen LogP contribution in [0.3, 0.4) is 0 Å². The van der Waals surface area contributed by atoms with Crippen molar-refractivity contribution in [3.05, 3.63) is 22.3 Å². The smallest absolute Gasteiger partial charge is 0.352 e. The van der Waals surface area contributed by atoms with Gasteiger partial charge in [-0.15, -0.1) is 28.2 Å². The number of nitrogen functional groups attached to an aromatic ring is 1. The molecule has 0 saturated carbocycles. The molecule has 0 bridgehead atoms. The molecule has 1 saturated heterocycles. The first-order chi connectivity index (χ1) is 19.7. The first-order valence-electron chi connectivity index (χ1n) is 12.4. The fraction of sp³-hybridized carbons (Fsp3) is 0.500. The van der Waals surface area contributed by atoms with Gasteiger partial charge < -0.3 is 26.1 Å². The summed E-state index contributed by atoms with van der Waals surface area (Å²) in [5.41, 5.74) is 6.04. The number of hydrogen-bond donors (Lipinski definition) is 4. The number of hydrogen-bond acceptors (Lipinski definition) is 14. The van der Waals surface area contributed by atoms with Crippen molar-refractivity contribution in [2.24, 2.45) is 5.16 Å². The lowest BCUT2D eigenvalue weighted by Crippen LogP contribution is -2.71. The number of amides is 2. The summed E-state index contributed by atoms with van der Waals surface area (Å²) in [6.45, 7) is 1.94. The Kier molecular flexibility index (Phi) is 10.2. The molecular formula is C22H27N9O7S3. The van der Waals surface area contributed by atoms with E-state index in [2.05, 4.69) is 37.9 Å². The van der Waals surface area contributed by atoms with Gasteiger partial charge in [-0.05, 0) is 28.8 Å².